The second kappa shape index (κ2) is 9.03. The third-order valence-corrected chi connectivity index (χ3v) is 11.6. The number of fused-ring (bicyclic) bond motifs is 5. The molecule has 0 spiro atoms. The van der Waals surface area contributed by atoms with Gasteiger partial charge in [0.05, 0.1) is 11.7 Å². The first-order valence-corrected chi connectivity index (χ1v) is 14.0. The average molecular weight is 445 g/mol. The van der Waals surface area contributed by atoms with Gasteiger partial charge in [-0.3, -0.25) is 0 Å². The lowest BCUT2D eigenvalue weighted by Crippen LogP contribution is -2.56. The standard InChI is InChI=1S/C30H52O2/c1-7-9-22-25-12-11-21-24-14-13-23(20(2)10-8-17-28(3,4)32)29(24,5)18-15-26(21)30(25,6)19-16-27(22)31/h7,20-27,31-32H,1,8-19H2,2-6H3/t20-,21+,22+,23-,24+,25+,26+,27-,29-,30+/m1/s1. The van der Waals surface area contributed by atoms with Gasteiger partial charge in [0.15, 0.2) is 0 Å². The molecule has 32 heavy (non-hydrogen) atoms. The van der Waals surface area contributed by atoms with Gasteiger partial charge < -0.3 is 10.2 Å². The maximum Gasteiger partial charge on any atom is 0.0591 e. The van der Waals surface area contributed by atoms with Crippen LogP contribution in [0.5, 0.6) is 0 Å². The summed E-state index contributed by atoms with van der Waals surface area (Å²) in [5.74, 6) is 5.44. The normalized spacial score (nSPS) is 47.3. The average Bonchev–Trinajstić information content (AvgIpc) is 3.07. The smallest absolute Gasteiger partial charge is 0.0591 e. The number of aliphatic hydroxyl groups is 2. The molecule has 0 aromatic heterocycles. The van der Waals surface area contributed by atoms with E-state index in [4.69, 9.17) is 0 Å². The van der Waals surface area contributed by atoms with E-state index in [9.17, 15) is 10.2 Å². The molecule has 4 fully saturated rings. The van der Waals surface area contributed by atoms with Crippen molar-refractivity contribution in [3.8, 4) is 0 Å². The molecule has 0 aromatic rings. The van der Waals surface area contributed by atoms with Crippen molar-refractivity contribution >= 4 is 0 Å². The molecule has 2 heteroatoms. The highest BCUT2D eigenvalue weighted by molar-refractivity contribution is 5.11. The van der Waals surface area contributed by atoms with E-state index in [2.05, 4.69) is 33.4 Å². The Kier molecular flexibility index (Phi) is 6.99. The molecule has 4 rings (SSSR count). The van der Waals surface area contributed by atoms with E-state index in [1.165, 1.54) is 51.4 Å². The molecule has 0 saturated heterocycles. The summed E-state index contributed by atoms with van der Waals surface area (Å²) in [7, 11) is 0. The molecular weight excluding hydrogens is 392 g/mol. The van der Waals surface area contributed by atoms with Crippen LogP contribution >= 0.6 is 0 Å². The van der Waals surface area contributed by atoms with Crippen molar-refractivity contribution in [1.29, 1.82) is 0 Å². The van der Waals surface area contributed by atoms with Gasteiger partial charge in [0.2, 0.25) is 0 Å². The van der Waals surface area contributed by atoms with E-state index in [0.717, 1.165) is 55.3 Å². The number of aliphatic hydroxyl groups excluding tert-OH is 1. The molecule has 0 amide bonds. The van der Waals surface area contributed by atoms with Gasteiger partial charge in [0, 0.05) is 0 Å². The van der Waals surface area contributed by atoms with Crippen LogP contribution in [0.4, 0.5) is 0 Å². The molecule has 184 valence electrons. The summed E-state index contributed by atoms with van der Waals surface area (Å²) in [5.41, 5.74) is 0.422. The van der Waals surface area contributed by atoms with E-state index in [1.54, 1.807) is 0 Å². The molecule has 2 nitrogen and oxygen atoms in total. The first-order valence-electron chi connectivity index (χ1n) is 14.0. The molecule has 0 unspecified atom stereocenters. The lowest BCUT2D eigenvalue weighted by Gasteiger charge is -2.62. The highest BCUT2D eigenvalue weighted by Crippen LogP contribution is 2.69. The van der Waals surface area contributed by atoms with Crippen molar-refractivity contribution in [2.45, 2.75) is 123 Å². The summed E-state index contributed by atoms with van der Waals surface area (Å²) >= 11 is 0. The van der Waals surface area contributed by atoms with Crippen LogP contribution in [0.3, 0.4) is 0 Å². The molecule has 0 aliphatic heterocycles. The van der Waals surface area contributed by atoms with E-state index in [1.807, 2.05) is 13.8 Å². The lowest BCUT2D eigenvalue weighted by atomic mass is 9.43. The SMILES string of the molecule is C=CC[C@@H]1[C@H](O)CC[C@@]2(C)[C@H]1CC[C@@H]1[C@@H]2CC[C@]2(C)[C@@H]([C@H](C)CCCC(C)(C)O)CC[C@@H]12. The molecule has 4 aliphatic carbocycles. The third-order valence-electron chi connectivity index (χ3n) is 11.6. The Morgan fingerprint density at radius 3 is 2.31 bits per heavy atom. The predicted molar refractivity (Wildman–Crippen MR) is 134 cm³/mol. The summed E-state index contributed by atoms with van der Waals surface area (Å²) in [4.78, 5) is 0. The van der Waals surface area contributed by atoms with E-state index < -0.39 is 5.60 Å². The second-order valence-corrected chi connectivity index (χ2v) is 13.8. The zero-order chi connectivity index (χ0) is 23.3. The minimum Gasteiger partial charge on any atom is -0.393 e. The molecule has 4 saturated carbocycles. The van der Waals surface area contributed by atoms with Crippen LogP contribution in [0.15, 0.2) is 12.7 Å². The van der Waals surface area contributed by atoms with Crippen molar-refractivity contribution in [3.63, 3.8) is 0 Å². The van der Waals surface area contributed by atoms with Gasteiger partial charge in [-0.05, 0) is 130 Å². The van der Waals surface area contributed by atoms with Crippen molar-refractivity contribution < 1.29 is 10.2 Å². The summed E-state index contributed by atoms with van der Waals surface area (Å²) in [5, 5.41) is 20.9. The van der Waals surface area contributed by atoms with Crippen LogP contribution in [-0.4, -0.2) is 21.9 Å². The molecule has 0 aromatic carbocycles. The zero-order valence-corrected chi connectivity index (χ0v) is 21.8. The van der Waals surface area contributed by atoms with Crippen LogP contribution in [0.25, 0.3) is 0 Å². The number of rotatable bonds is 7. The number of hydrogen-bond acceptors (Lipinski definition) is 2. The minimum atomic E-state index is -0.523. The molecule has 2 N–H and O–H groups in total. The summed E-state index contributed by atoms with van der Waals surface area (Å²) in [6, 6.07) is 0. The predicted octanol–water partition coefficient (Wildman–Crippen LogP) is 7.39. The molecule has 0 radical (unpaired) electrons. The molecule has 10 atom stereocenters. The van der Waals surface area contributed by atoms with E-state index in [0.29, 0.717) is 22.7 Å². The summed E-state index contributed by atoms with van der Waals surface area (Å²) < 4.78 is 0. The van der Waals surface area contributed by atoms with Gasteiger partial charge in [-0.1, -0.05) is 39.7 Å². The maximum absolute atomic E-state index is 10.8. The highest BCUT2D eigenvalue weighted by atomic mass is 16.3. The van der Waals surface area contributed by atoms with Gasteiger partial charge in [0.25, 0.3) is 0 Å². The Labute approximate surface area is 198 Å². The van der Waals surface area contributed by atoms with Crippen molar-refractivity contribution in [2.75, 3.05) is 0 Å². The quantitative estimate of drug-likeness (QED) is 0.402. The Bertz CT molecular complexity index is 664. The fourth-order valence-corrected chi connectivity index (χ4v) is 10.0. The highest BCUT2D eigenvalue weighted by Gasteiger charge is 2.61. The minimum absolute atomic E-state index is 0.114. The number of hydrogen-bond donors (Lipinski definition) is 2. The monoisotopic (exact) mass is 444 g/mol. The fraction of sp³-hybridized carbons (Fsp3) is 0.933. The van der Waals surface area contributed by atoms with E-state index >= 15 is 0 Å². The van der Waals surface area contributed by atoms with Gasteiger partial charge >= 0.3 is 0 Å². The summed E-state index contributed by atoms with van der Waals surface area (Å²) in [6.07, 6.45) is 16.9. The first kappa shape index (κ1) is 24.8. The Morgan fingerprint density at radius 2 is 1.62 bits per heavy atom. The fourth-order valence-electron chi connectivity index (χ4n) is 10.0. The molecule has 4 aliphatic rings. The van der Waals surface area contributed by atoms with Gasteiger partial charge in [-0.15, -0.1) is 6.58 Å². The van der Waals surface area contributed by atoms with E-state index in [-0.39, 0.29) is 6.10 Å². The van der Waals surface area contributed by atoms with Crippen LogP contribution < -0.4 is 0 Å². The third kappa shape index (κ3) is 4.26. The molecule has 0 bridgehead atoms. The Morgan fingerprint density at radius 1 is 0.969 bits per heavy atom. The van der Waals surface area contributed by atoms with Crippen molar-refractivity contribution in [3.05, 3.63) is 12.7 Å². The van der Waals surface area contributed by atoms with Crippen LogP contribution in [0.1, 0.15) is 112 Å². The largest absolute Gasteiger partial charge is 0.393 e. The lowest BCUT2D eigenvalue weighted by molar-refractivity contribution is -0.152. The zero-order valence-electron chi connectivity index (χ0n) is 21.8. The van der Waals surface area contributed by atoms with Crippen LogP contribution in [-0.2, 0) is 0 Å². The van der Waals surface area contributed by atoms with Gasteiger partial charge in [-0.2, -0.15) is 0 Å². The molecule has 0 heterocycles. The topological polar surface area (TPSA) is 40.5 Å². The Balaban J connectivity index is 1.47. The Hall–Kier alpha value is -0.340. The van der Waals surface area contributed by atoms with Crippen LogP contribution in [0, 0.1) is 52.3 Å². The van der Waals surface area contributed by atoms with Crippen molar-refractivity contribution in [1.82, 2.24) is 0 Å². The number of allylic oxidation sites excluding steroid dienone is 1. The van der Waals surface area contributed by atoms with Gasteiger partial charge in [0.1, 0.15) is 0 Å². The first-order chi connectivity index (χ1) is 15.0. The maximum atomic E-state index is 10.8. The van der Waals surface area contributed by atoms with Crippen LogP contribution in [0.2, 0.25) is 0 Å². The second-order valence-electron chi connectivity index (χ2n) is 13.8. The van der Waals surface area contributed by atoms with Crippen molar-refractivity contribution in [2.24, 2.45) is 52.3 Å². The summed E-state index contributed by atoms with van der Waals surface area (Å²) in [6.45, 7) is 15.7. The van der Waals surface area contributed by atoms with Gasteiger partial charge in [-0.25, -0.2) is 0 Å². The molecular formula is C30H52O2.